The molecule has 0 aromatic carbocycles. The zero-order valence-corrected chi connectivity index (χ0v) is 30.5. The van der Waals surface area contributed by atoms with Gasteiger partial charge in [-0.3, -0.25) is 0 Å². The van der Waals surface area contributed by atoms with E-state index in [0.717, 1.165) is 0 Å². The van der Waals surface area contributed by atoms with Crippen molar-refractivity contribution < 1.29 is 198 Å². The molecule has 0 aliphatic carbocycles. The fourth-order valence-electron chi connectivity index (χ4n) is 3.91. The molecule has 0 radical (unpaired) electrons. The van der Waals surface area contributed by atoms with E-state index in [9.17, 15) is 198 Å². The Kier molecular flexibility index (Phi) is 15.0. The monoisotopic (exact) mass is 1250 g/mol. The van der Waals surface area contributed by atoms with Crippen LogP contribution < -0.4 is 0 Å². The highest BCUT2D eigenvalue weighted by Gasteiger charge is 3.04. The summed E-state index contributed by atoms with van der Waals surface area (Å²) in [5, 5.41) is 0. The van der Waals surface area contributed by atoms with Gasteiger partial charge in [0.05, 0.1) is 0 Å². The maximum Gasteiger partial charge on any atom is 0.460 e. The van der Waals surface area contributed by atoms with Gasteiger partial charge in [0.15, 0.2) is 0 Å². The summed E-state index contributed by atoms with van der Waals surface area (Å²) in [4.78, 5) is 0. The molecule has 0 saturated heterocycles. The van der Waals surface area contributed by atoms with Crippen LogP contribution in [0.1, 0.15) is 0 Å². The number of hydrogen-bond acceptors (Lipinski definition) is 0. The van der Waals surface area contributed by atoms with E-state index in [-0.39, 0.29) is 0 Å². The molecule has 46 heteroatoms. The van der Waals surface area contributed by atoms with Crippen molar-refractivity contribution in [3.8, 4) is 0 Å². The fraction of sp³-hybridized carbons (Fsp3) is 1.00. The molecule has 0 aromatic heterocycles. The first kappa shape index (κ1) is 65.6. The molecule has 0 aliphatic rings. The number of alkyl halides is 46. The van der Waals surface area contributed by atoms with Gasteiger partial charge in [-0.15, -0.1) is 0 Å². The Hall–Kier alpha value is -2.42. The van der Waals surface area contributed by atoms with Gasteiger partial charge in [-0.2, -0.15) is 198 Å². The summed E-state index contributed by atoms with van der Waals surface area (Å²) in [5.41, 5.74) is 0. The normalized spacial score (nSPS) is 17.6. The van der Waals surface area contributed by atoms with E-state index in [1.54, 1.807) is 0 Å². The van der Waals surface area contributed by atoms with Gasteiger partial charge >= 0.3 is 129 Å². The summed E-state index contributed by atoms with van der Waals surface area (Å²) in [6.45, 7) is 0. The van der Waals surface area contributed by atoms with E-state index >= 15 is 0 Å². The third-order valence-corrected chi connectivity index (χ3v) is 8.88. The van der Waals surface area contributed by atoms with Gasteiger partial charge in [0.2, 0.25) is 0 Å². The summed E-state index contributed by atoms with van der Waals surface area (Å²) >= 11 is -1.53. The third kappa shape index (κ3) is 7.15. The molecule has 0 nitrogen and oxygen atoms in total. The average molecular weight is 1250 g/mol. The number of rotatable bonds is 20. The van der Waals surface area contributed by atoms with Gasteiger partial charge in [0.25, 0.3) is 0 Å². The highest BCUT2D eigenvalue weighted by atomic mass is 127. The Bertz CT molecular complexity index is 1700. The first-order chi connectivity index (χ1) is 28.2. The number of hydrogen-bond donors (Lipinski definition) is 0. The standard InChI is InChI=1S/C22F45I/c23-1(24,3(27,28)5(31,32)7(35,36)9(39,40)11(43,44)13(47,48)15(51,52)17(55,56)19(59,60)21(63,64)65)2(25,26)4(29,30)6(33,34)8(37,38)10(41,42)12(45,46)14(49,50)16(53,54)18(57,58)20(61,62)22(66,67)68. The van der Waals surface area contributed by atoms with E-state index in [1.165, 1.54) is 0 Å². The van der Waals surface area contributed by atoms with E-state index in [0.29, 0.717) is 0 Å². The van der Waals surface area contributed by atoms with Crippen LogP contribution in [-0.4, -0.2) is 129 Å². The molecule has 0 amide bonds. The predicted octanol–water partition coefficient (Wildman–Crippen LogP) is 15.3. The molecule has 0 bridgehead atoms. The third-order valence-electron chi connectivity index (χ3n) is 8.20. The molecular formula is C22F45I. The lowest BCUT2D eigenvalue weighted by Gasteiger charge is -2.47. The van der Waals surface area contributed by atoms with Crippen LogP contribution >= 0.6 is 22.6 Å². The zero-order valence-electron chi connectivity index (χ0n) is 28.4. The Morgan fingerprint density at radius 2 is 0.191 bits per heavy atom. The van der Waals surface area contributed by atoms with Crippen LogP contribution in [0.15, 0.2) is 0 Å². The minimum atomic E-state index is -10.8. The lowest BCUT2D eigenvalue weighted by Crippen LogP contribution is -2.81. The first-order valence-corrected chi connectivity index (χ1v) is 15.0. The van der Waals surface area contributed by atoms with Gasteiger partial charge in [-0.1, -0.05) is 0 Å². The van der Waals surface area contributed by atoms with Crippen LogP contribution in [0.4, 0.5) is 198 Å². The van der Waals surface area contributed by atoms with Crippen molar-refractivity contribution in [2.24, 2.45) is 0 Å². The quantitative estimate of drug-likeness (QED) is 0.0647. The van der Waals surface area contributed by atoms with Crippen molar-refractivity contribution in [3.63, 3.8) is 0 Å². The minimum absolute atomic E-state index is 1.53. The fourth-order valence-corrected chi connectivity index (χ4v) is 4.24. The molecule has 0 aromatic rings. The predicted molar refractivity (Wildman–Crippen MR) is 124 cm³/mol. The van der Waals surface area contributed by atoms with Gasteiger partial charge in [-0.05, 0) is 0 Å². The van der Waals surface area contributed by atoms with Crippen molar-refractivity contribution in [2.75, 3.05) is 0 Å². The highest BCUT2D eigenvalue weighted by molar-refractivity contribution is 14.1. The Morgan fingerprint density at radius 3 is 0.265 bits per heavy atom. The molecule has 0 atom stereocenters. The van der Waals surface area contributed by atoms with Gasteiger partial charge < -0.3 is 0 Å². The molecule has 0 aliphatic heterocycles. The van der Waals surface area contributed by atoms with E-state index < -0.39 is 151 Å². The summed E-state index contributed by atoms with van der Waals surface area (Å²) in [6, 6.07) is 0. The van der Waals surface area contributed by atoms with E-state index in [4.69, 9.17) is 0 Å². The van der Waals surface area contributed by atoms with Crippen molar-refractivity contribution in [1.82, 2.24) is 0 Å². The molecular weight excluding hydrogens is 1250 g/mol. The summed E-state index contributed by atoms with van der Waals surface area (Å²) < 4.78 is 603. The zero-order chi connectivity index (χ0) is 57.0. The van der Waals surface area contributed by atoms with Crippen LogP contribution in [-0.2, 0) is 0 Å². The smallest absolute Gasteiger partial charge is 0.192 e. The van der Waals surface area contributed by atoms with E-state index in [1.807, 2.05) is 0 Å². The van der Waals surface area contributed by atoms with Crippen LogP contribution in [0.2, 0.25) is 0 Å². The largest absolute Gasteiger partial charge is 0.460 e. The second-order valence-electron chi connectivity index (χ2n) is 12.5. The lowest BCUT2D eigenvalue weighted by molar-refractivity contribution is -0.497. The van der Waals surface area contributed by atoms with Crippen molar-refractivity contribution in [2.45, 2.75) is 129 Å². The van der Waals surface area contributed by atoms with Crippen molar-refractivity contribution in [1.29, 1.82) is 0 Å². The molecule has 68 heavy (non-hydrogen) atoms. The summed E-state index contributed by atoms with van der Waals surface area (Å²) in [5.74, 6) is -204. The van der Waals surface area contributed by atoms with Crippen molar-refractivity contribution >= 4 is 22.6 Å². The van der Waals surface area contributed by atoms with Gasteiger partial charge in [0, 0.05) is 22.6 Å². The first-order valence-electron chi connectivity index (χ1n) is 13.9. The second kappa shape index (κ2) is 15.5. The molecule has 0 fully saturated rings. The lowest BCUT2D eigenvalue weighted by atomic mass is 9.81. The number of halogens is 46. The molecule has 0 spiro atoms. The molecule has 0 saturated carbocycles. The second-order valence-corrected chi connectivity index (χ2v) is 13.8. The molecule has 0 heterocycles. The molecule has 410 valence electrons. The average Bonchev–Trinajstić information content (AvgIpc) is 3.08. The van der Waals surface area contributed by atoms with E-state index in [2.05, 4.69) is 0 Å². The minimum Gasteiger partial charge on any atom is -0.192 e. The Labute approximate surface area is 349 Å². The van der Waals surface area contributed by atoms with Gasteiger partial charge in [-0.25, -0.2) is 0 Å². The maximum atomic E-state index is 14.0. The van der Waals surface area contributed by atoms with Crippen LogP contribution in [0.3, 0.4) is 0 Å². The summed E-state index contributed by atoms with van der Waals surface area (Å²) in [7, 11) is 0. The SMILES string of the molecule is FC(F)(F)C(F)(F)C(F)(F)C(F)(F)C(F)(F)C(F)(F)C(F)(F)C(F)(F)C(F)(F)C(F)(F)C(F)(F)C(F)(F)C(F)(F)C(F)(F)C(F)(F)C(F)(F)C(F)(F)C(F)(F)C(F)(F)C(F)(F)C(F)(F)C(F)(F)I. The summed E-state index contributed by atoms with van der Waals surface area (Å²) in [6.07, 6.45) is -8.57. The molecule has 0 N–H and O–H groups in total. The Morgan fingerprint density at radius 1 is 0.118 bits per heavy atom. The maximum absolute atomic E-state index is 14.0. The van der Waals surface area contributed by atoms with Gasteiger partial charge in [0.1, 0.15) is 0 Å². The van der Waals surface area contributed by atoms with Crippen LogP contribution in [0, 0.1) is 0 Å². The van der Waals surface area contributed by atoms with Crippen molar-refractivity contribution in [3.05, 3.63) is 0 Å². The van der Waals surface area contributed by atoms with Crippen LogP contribution in [0.25, 0.3) is 0 Å². The molecule has 0 rings (SSSR count). The topological polar surface area (TPSA) is 0 Å². The molecule has 0 unspecified atom stereocenters. The van der Waals surface area contributed by atoms with Crippen LogP contribution in [0.5, 0.6) is 0 Å². The highest BCUT2D eigenvalue weighted by Crippen LogP contribution is 2.72. The Balaban J connectivity index is 8.09.